The average Bonchev–Trinajstić information content (AvgIpc) is 2.41. The number of piperazine rings is 1. The van der Waals surface area contributed by atoms with Gasteiger partial charge in [-0.15, -0.1) is 0 Å². The van der Waals surface area contributed by atoms with E-state index in [2.05, 4.69) is 16.7 Å². The van der Waals surface area contributed by atoms with Gasteiger partial charge < -0.3 is 10.0 Å². The Bertz CT molecular complexity index is 293. The smallest absolute Gasteiger partial charge is 0.321 e. The van der Waals surface area contributed by atoms with Crippen LogP contribution in [0.15, 0.2) is 0 Å². The molecule has 4 nitrogen and oxygen atoms in total. The zero-order valence-corrected chi connectivity index (χ0v) is 12.9. The first-order chi connectivity index (χ1) is 9.72. The lowest BCUT2D eigenvalue weighted by molar-refractivity contribution is -0.147. The van der Waals surface area contributed by atoms with Crippen LogP contribution < -0.4 is 0 Å². The van der Waals surface area contributed by atoms with E-state index in [1.807, 2.05) is 0 Å². The van der Waals surface area contributed by atoms with E-state index in [1.54, 1.807) is 0 Å². The van der Waals surface area contributed by atoms with E-state index in [0.29, 0.717) is 5.92 Å². The van der Waals surface area contributed by atoms with Gasteiger partial charge in [-0.25, -0.2) is 0 Å². The van der Waals surface area contributed by atoms with Crippen LogP contribution in [0.25, 0.3) is 0 Å². The minimum absolute atomic E-state index is 0.243. The summed E-state index contributed by atoms with van der Waals surface area (Å²) in [7, 11) is 0. The monoisotopic (exact) mass is 282 g/mol. The lowest BCUT2D eigenvalue weighted by Gasteiger charge is -2.40. The maximum Gasteiger partial charge on any atom is 0.321 e. The van der Waals surface area contributed by atoms with Crippen LogP contribution in [-0.4, -0.2) is 59.6 Å². The van der Waals surface area contributed by atoms with Crippen LogP contribution in [0.1, 0.15) is 51.9 Å². The second kappa shape index (κ2) is 7.99. The van der Waals surface area contributed by atoms with Crippen LogP contribution in [0, 0.1) is 5.92 Å². The summed E-state index contributed by atoms with van der Waals surface area (Å²) in [5.74, 6) is -0.235. The summed E-state index contributed by atoms with van der Waals surface area (Å²) in [5, 5.41) is 9.71. The zero-order chi connectivity index (χ0) is 14.4. The normalized spacial score (nSPS) is 25.9. The second-order valence-electron chi connectivity index (χ2n) is 6.36. The molecule has 1 N–H and O–H groups in total. The molecular weight excluding hydrogens is 252 g/mol. The molecule has 20 heavy (non-hydrogen) atoms. The minimum atomic E-state index is -0.597. The van der Waals surface area contributed by atoms with Crippen molar-refractivity contribution in [1.82, 2.24) is 9.80 Å². The molecule has 1 heterocycles. The van der Waals surface area contributed by atoms with E-state index in [4.69, 9.17) is 0 Å². The van der Waals surface area contributed by atoms with Crippen LogP contribution in [0.4, 0.5) is 0 Å². The quantitative estimate of drug-likeness (QED) is 0.860. The highest BCUT2D eigenvalue weighted by Crippen LogP contribution is 2.28. The molecule has 1 unspecified atom stereocenters. The van der Waals surface area contributed by atoms with Crippen LogP contribution in [-0.2, 0) is 4.79 Å². The molecule has 1 saturated carbocycles. The van der Waals surface area contributed by atoms with Crippen LogP contribution >= 0.6 is 0 Å². The molecule has 2 rings (SSSR count). The van der Waals surface area contributed by atoms with Gasteiger partial charge in [0, 0.05) is 26.2 Å². The molecule has 2 aliphatic rings. The maximum atomic E-state index is 11.8. The summed E-state index contributed by atoms with van der Waals surface area (Å²) < 4.78 is 0. The summed E-state index contributed by atoms with van der Waals surface area (Å²) in [6.45, 7) is 7.14. The van der Waals surface area contributed by atoms with Gasteiger partial charge in [0.05, 0.1) is 0 Å². The zero-order valence-electron chi connectivity index (χ0n) is 12.9. The molecule has 0 bridgehead atoms. The van der Waals surface area contributed by atoms with Gasteiger partial charge in [0.15, 0.2) is 0 Å². The molecule has 4 heteroatoms. The number of nitrogens with zero attached hydrogens (tertiary/aromatic N) is 2. The summed E-state index contributed by atoms with van der Waals surface area (Å²) in [5.41, 5.74) is 0. The number of hydrogen-bond acceptors (Lipinski definition) is 3. The van der Waals surface area contributed by atoms with Gasteiger partial charge in [-0.1, -0.05) is 39.0 Å². The topological polar surface area (TPSA) is 43.8 Å². The molecule has 0 aromatic carbocycles. The standard InChI is InChI=1S/C16H30N2O2/c1-2-17-10-12-18(13-11-17)15(16(19)20)14-8-6-4-3-5-7-9-14/h14-15H,2-13H2,1H3,(H,19,20). The van der Waals surface area contributed by atoms with Gasteiger partial charge in [-0.05, 0) is 25.3 Å². The molecule has 116 valence electrons. The number of hydrogen-bond donors (Lipinski definition) is 1. The fourth-order valence-corrected chi connectivity index (χ4v) is 3.82. The predicted octanol–water partition coefficient (Wildman–Crippen LogP) is 2.44. The van der Waals surface area contributed by atoms with Crippen molar-refractivity contribution >= 4 is 5.97 Å². The lowest BCUT2D eigenvalue weighted by atomic mass is 9.85. The first-order valence-corrected chi connectivity index (χ1v) is 8.41. The first kappa shape index (κ1) is 15.8. The van der Waals surface area contributed by atoms with Gasteiger partial charge in [-0.3, -0.25) is 9.69 Å². The number of aliphatic carboxylic acids is 1. The minimum Gasteiger partial charge on any atom is -0.480 e. The highest BCUT2D eigenvalue weighted by atomic mass is 16.4. The maximum absolute atomic E-state index is 11.8. The molecule has 1 saturated heterocycles. The van der Waals surface area contributed by atoms with Crippen molar-refractivity contribution in [3.05, 3.63) is 0 Å². The molecule has 1 aliphatic carbocycles. The van der Waals surface area contributed by atoms with Crippen molar-refractivity contribution in [3.63, 3.8) is 0 Å². The molecule has 0 amide bonds. The number of carbonyl (C=O) groups is 1. The Hall–Kier alpha value is -0.610. The van der Waals surface area contributed by atoms with Crippen LogP contribution in [0.2, 0.25) is 0 Å². The SMILES string of the molecule is CCN1CCN(C(C(=O)O)C2CCCCCCC2)CC1. The van der Waals surface area contributed by atoms with E-state index in [1.165, 1.54) is 32.1 Å². The molecule has 2 fully saturated rings. The van der Waals surface area contributed by atoms with Gasteiger partial charge in [0.25, 0.3) is 0 Å². The van der Waals surface area contributed by atoms with Crippen LogP contribution in [0.3, 0.4) is 0 Å². The molecule has 0 radical (unpaired) electrons. The van der Waals surface area contributed by atoms with Crippen molar-refractivity contribution in [3.8, 4) is 0 Å². The third kappa shape index (κ3) is 4.19. The van der Waals surface area contributed by atoms with E-state index in [-0.39, 0.29) is 6.04 Å². The van der Waals surface area contributed by atoms with Crippen LogP contribution in [0.5, 0.6) is 0 Å². The molecule has 1 atom stereocenters. The number of carboxylic acids is 1. The largest absolute Gasteiger partial charge is 0.480 e. The fourth-order valence-electron chi connectivity index (χ4n) is 3.82. The Labute approximate surface area is 123 Å². The predicted molar refractivity (Wildman–Crippen MR) is 80.9 cm³/mol. The van der Waals surface area contributed by atoms with E-state index < -0.39 is 5.97 Å². The molecule has 0 aromatic rings. The Morgan fingerprint density at radius 1 is 1.05 bits per heavy atom. The van der Waals surface area contributed by atoms with Crippen molar-refractivity contribution < 1.29 is 9.90 Å². The summed E-state index contributed by atoms with van der Waals surface area (Å²) >= 11 is 0. The van der Waals surface area contributed by atoms with E-state index in [0.717, 1.165) is 45.6 Å². The summed E-state index contributed by atoms with van der Waals surface area (Å²) in [4.78, 5) is 16.4. The lowest BCUT2D eigenvalue weighted by Crippen LogP contribution is -2.55. The Morgan fingerprint density at radius 3 is 2.10 bits per heavy atom. The highest BCUT2D eigenvalue weighted by molar-refractivity contribution is 5.74. The van der Waals surface area contributed by atoms with Gasteiger partial charge >= 0.3 is 5.97 Å². The third-order valence-corrected chi connectivity index (χ3v) is 5.10. The second-order valence-corrected chi connectivity index (χ2v) is 6.36. The van der Waals surface area contributed by atoms with Gasteiger partial charge in [0.2, 0.25) is 0 Å². The molecule has 0 aromatic heterocycles. The third-order valence-electron chi connectivity index (χ3n) is 5.10. The molecule has 0 spiro atoms. The highest BCUT2D eigenvalue weighted by Gasteiger charge is 2.34. The number of carboxylic acid groups (broad SMARTS) is 1. The Kier molecular flexibility index (Phi) is 6.30. The Balaban J connectivity index is 1.96. The van der Waals surface area contributed by atoms with Gasteiger partial charge in [-0.2, -0.15) is 0 Å². The average molecular weight is 282 g/mol. The summed E-state index contributed by atoms with van der Waals surface area (Å²) in [6.07, 6.45) is 8.53. The number of likely N-dealkylation sites (N-methyl/N-ethyl adjacent to an activating group) is 1. The Morgan fingerprint density at radius 2 is 1.60 bits per heavy atom. The molecular formula is C16H30N2O2. The first-order valence-electron chi connectivity index (χ1n) is 8.41. The van der Waals surface area contributed by atoms with Crippen molar-refractivity contribution in [2.75, 3.05) is 32.7 Å². The van der Waals surface area contributed by atoms with Gasteiger partial charge in [0.1, 0.15) is 6.04 Å². The fraction of sp³-hybridized carbons (Fsp3) is 0.938. The van der Waals surface area contributed by atoms with Crippen molar-refractivity contribution in [1.29, 1.82) is 0 Å². The van der Waals surface area contributed by atoms with Crippen molar-refractivity contribution in [2.24, 2.45) is 5.92 Å². The summed E-state index contributed by atoms with van der Waals surface area (Å²) in [6, 6.07) is -0.243. The van der Waals surface area contributed by atoms with E-state index >= 15 is 0 Å². The van der Waals surface area contributed by atoms with E-state index in [9.17, 15) is 9.90 Å². The molecule has 1 aliphatic heterocycles. The number of rotatable bonds is 4. The van der Waals surface area contributed by atoms with Crippen molar-refractivity contribution in [2.45, 2.75) is 57.9 Å².